The molecule has 0 amide bonds. The second kappa shape index (κ2) is 8.29. The lowest BCUT2D eigenvalue weighted by molar-refractivity contribution is 0.138. The molecule has 1 unspecified atom stereocenters. The van der Waals surface area contributed by atoms with Crippen LogP contribution in [0.15, 0.2) is 36.9 Å². The van der Waals surface area contributed by atoms with Gasteiger partial charge in [-0.25, -0.2) is 0 Å². The smallest absolute Gasteiger partial charge is 0.0591 e. The maximum absolute atomic E-state index is 5.84. The highest BCUT2D eigenvalue weighted by Gasteiger charge is 2.03. The summed E-state index contributed by atoms with van der Waals surface area (Å²) >= 11 is 5.84. The predicted octanol–water partition coefficient (Wildman–Crippen LogP) is 3.58. The van der Waals surface area contributed by atoms with Gasteiger partial charge in [0.15, 0.2) is 0 Å². The van der Waals surface area contributed by atoms with Gasteiger partial charge in [-0.15, -0.1) is 6.58 Å². The molecule has 0 saturated carbocycles. The number of nitrogens with one attached hydrogen (secondary N) is 1. The van der Waals surface area contributed by atoms with Crippen molar-refractivity contribution in [3.05, 3.63) is 47.5 Å². The Morgan fingerprint density at radius 2 is 2.06 bits per heavy atom. The molecule has 0 aliphatic heterocycles. The fourth-order valence-electron chi connectivity index (χ4n) is 1.49. The van der Waals surface area contributed by atoms with E-state index < -0.39 is 0 Å². The Morgan fingerprint density at radius 1 is 1.35 bits per heavy atom. The SMILES string of the molecule is C=CCCOCCNC(C)c1ccc(Cl)cc1. The van der Waals surface area contributed by atoms with Crippen molar-refractivity contribution in [2.75, 3.05) is 19.8 Å². The lowest BCUT2D eigenvalue weighted by Gasteiger charge is -2.14. The number of ether oxygens (including phenoxy) is 1. The molecule has 94 valence electrons. The summed E-state index contributed by atoms with van der Waals surface area (Å²) in [7, 11) is 0. The highest BCUT2D eigenvalue weighted by Crippen LogP contribution is 2.15. The fourth-order valence-corrected chi connectivity index (χ4v) is 1.61. The van der Waals surface area contributed by atoms with E-state index in [1.165, 1.54) is 5.56 Å². The first-order valence-electron chi connectivity index (χ1n) is 5.91. The molecule has 0 aromatic heterocycles. The van der Waals surface area contributed by atoms with Crippen LogP contribution in [0.5, 0.6) is 0 Å². The monoisotopic (exact) mass is 253 g/mol. The van der Waals surface area contributed by atoms with Crippen LogP contribution in [0.2, 0.25) is 5.02 Å². The van der Waals surface area contributed by atoms with Gasteiger partial charge in [0.2, 0.25) is 0 Å². The van der Waals surface area contributed by atoms with E-state index in [-0.39, 0.29) is 0 Å². The maximum atomic E-state index is 5.84. The third-order valence-corrected chi connectivity index (χ3v) is 2.79. The summed E-state index contributed by atoms with van der Waals surface area (Å²) in [6.07, 6.45) is 2.77. The topological polar surface area (TPSA) is 21.3 Å². The van der Waals surface area contributed by atoms with E-state index in [0.717, 1.165) is 31.2 Å². The van der Waals surface area contributed by atoms with Crippen LogP contribution in [0.1, 0.15) is 24.9 Å². The molecule has 0 fully saturated rings. The Hall–Kier alpha value is -0.830. The number of hydrogen-bond donors (Lipinski definition) is 1. The zero-order chi connectivity index (χ0) is 12.5. The van der Waals surface area contributed by atoms with E-state index in [2.05, 4.69) is 18.8 Å². The molecule has 1 rings (SSSR count). The summed E-state index contributed by atoms with van der Waals surface area (Å²) in [6.45, 7) is 8.11. The molecule has 1 aromatic carbocycles. The van der Waals surface area contributed by atoms with Gasteiger partial charge >= 0.3 is 0 Å². The summed E-state index contributed by atoms with van der Waals surface area (Å²) in [6, 6.07) is 8.22. The molecule has 1 N–H and O–H groups in total. The molecule has 0 heterocycles. The molecular formula is C14H20ClNO. The first-order valence-corrected chi connectivity index (χ1v) is 6.29. The molecule has 17 heavy (non-hydrogen) atoms. The normalized spacial score (nSPS) is 12.4. The highest BCUT2D eigenvalue weighted by molar-refractivity contribution is 6.30. The largest absolute Gasteiger partial charge is 0.380 e. The average Bonchev–Trinajstić information content (AvgIpc) is 2.34. The van der Waals surface area contributed by atoms with Crippen molar-refractivity contribution in [2.45, 2.75) is 19.4 Å². The van der Waals surface area contributed by atoms with Crippen LogP contribution in [0.25, 0.3) is 0 Å². The van der Waals surface area contributed by atoms with Crippen molar-refractivity contribution < 1.29 is 4.74 Å². The fraction of sp³-hybridized carbons (Fsp3) is 0.429. The standard InChI is InChI=1S/C14H20ClNO/c1-3-4-10-17-11-9-16-12(2)13-5-7-14(15)8-6-13/h3,5-8,12,16H,1,4,9-11H2,2H3. The number of benzene rings is 1. The van der Waals surface area contributed by atoms with Crippen molar-refractivity contribution in [2.24, 2.45) is 0 Å². The summed E-state index contributed by atoms with van der Waals surface area (Å²) in [5, 5.41) is 4.17. The van der Waals surface area contributed by atoms with Crippen LogP contribution in [0.4, 0.5) is 0 Å². The summed E-state index contributed by atoms with van der Waals surface area (Å²) in [5.41, 5.74) is 1.24. The van der Waals surface area contributed by atoms with E-state index in [9.17, 15) is 0 Å². The molecular weight excluding hydrogens is 234 g/mol. The van der Waals surface area contributed by atoms with Gasteiger partial charge in [0.05, 0.1) is 13.2 Å². The van der Waals surface area contributed by atoms with Gasteiger partial charge in [-0.3, -0.25) is 0 Å². The molecule has 0 bridgehead atoms. The minimum absolute atomic E-state index is 0.315. The zero-order valence-electron chi connectivity index (χ0n) is 10.3. The van der Waals surface area contributed by atoms with Crippen molar-refractivity contribution in [3.63, 3.8) is 0 Å². The number of hydrogen-bond acceptors (Lipinski definition) is 2. The number of rotatable bonds is 8. The first kappa shape index (κ1) is 14.2. The molecule has 1 aromatic rings. The van der Waals surface area contributed by atoms with Gasteiger partial charge in [-0.05, 0) is 31.0 Å². The van der Waals surface area contributed by atoms with Crippen LogP contribution < -0.4 is 5.32 Å². The maximum Gasteiger partial charge on any atom is 0.0591 e. The molecule has 1 atom stereocenters. The van der Waals surface area contributed by atoms with Crippen LogP contribution in [0, 0.1) is 0 Å². The van der Waals surface area contributed by atoms with Crippen molar-refractivity contribution >= 4 is 11.6 Å². The van der Waals surface area contributed by atoms with Crippen LogP contribution >= 0.6 is 11.6 Å². The first-order chi connectivity index (χ1) is 8.24. The lowest BCUT2D eigenvalue weighted by atomic mass is 10.1. The molecule has 0 aliphatic rings. The Labute approximate surface area is 109 Å². The van der Waals surface area contributed by atoms with Gasteiger partial charge in [0, 0.05) is 17.6 Å². The lowest BCUT2D eigenvalue weighted by Crippen LogP contribution is -2.23. The van der Waals surface area contributed by atoms with Crippen molar-refractivity contribution in [1.82, 2.24) is 5.32 Å². The van der Waals surface area contributed by atoms with E-state index in [4.69, 9.17) is 16.3 Å². The summed E-state index contributed by atoms with van der Waals surface area (Å²) < 4.78 is 5.42. The molecule has 2 nitrogen and oxygen atoms in total. The zero-order valence-corrected chi connectivity index (χ0v) is 11.0. The second-order valence-electron chi connectivity index (χ2n) is 3.92. The third kappa shape index (κ3) is 5.87. The summed E-state index contributed by atoms with van der Waals surface area (Å²) in [5.74, 6) is 0. The van der Waals surface area contributed by atoms with Crippen LogP contribution in [0.3, 0.4) is 0 Å². The van der Waals surface area contributed by atoms with Gasteiger partial charge in [0.1, 0.15) is 0 Å². The second-order valence-corrected chi connectivity index (χ2v) is 4.35. The Bertz CT molecular complexity index is 323. The molecule has 0 spiro atoms. The third-order valence-electron chi connectivity index (χ3n) is 2.53. The minimum Gasteiger partial charge on any atom is -0.380 e. The average molecular weight is 254 g/mol. The van der Waals surface area contributed by atoms with Gasteiger partial charge in [-0.1, -0.05) is 29.8 Å². The van der Waals surface area contributed by atoms with Gasteiger partial charge in [0.25, 0.3) is 0 Å². The van der Waals surface area contributed by atoms with E-state index >= 15 is 0 Å². The van der Waals surface area contributed by atoms with Crippen molar-refractivity contribution in [3.8, 4) is 0 Å². The Balaban J connectivity index is 2.18. The van der Waals surface area contributed by atoms with Crippen LogP contribution in [-0.4, -0.2) is 19.8 Å². The van der Waals surface area contributed by atoms with E-state index in [1.54, 1.807) is 0 Å². The molecule has 3 heteroatoms. The Kier molecular flexibility index (Phi) is 6.94. The number of halogens is 1. The molecule has 0 saturated heterocycles. The van der Waals surface area contributed by atoms with E-state index in [0.29, 0.717) is 6.04 Å². The quantitative estimate of drug-likeness (QED) is 0.565. The van der Waals surface area contributed by atoms with Crippen LogP contribution in [-0.2, 0) is 4.74 Å². The summed E-state index contributed by atoms with van der Waals surface area (Å²) in [4.78, 5) is 0. The van der Waals surface area contributed by atoms with Gasteiger partial charge < -0.3 is 10.1 Å². The highest BCUT2D eigenvalue weighted by atomic mass is 35.5. The van der Waals surface area contributed by atoms with Crippen molar-refractivity contribution in [1.29, 1.82) is 0 Å². The van der Waals surface area contributed by atoms with Gasteiger partial charge in [-0.2, -0.15) is 0 Å². The Morgan fingerprint density at radius 3 is 2.71 bits per heavy atom. The predicted molar refractivity (Wildman–Crippen MR) is 73.5 cm³/mol. The minimum atomic E-state index is 0.315. The van der Waals surface area contributed by atoms with E-state index in [1.807, 2.05) is 30.3 Å². The molecule has 0 radical (unpaired) electrons. The molecule has 0 aliphatic carbocycles.